The molecule has 100 heavy (non-hydrogen) atoms. The summed E-state index contributed by atoms with van der Waals surface area (Å²) in [6, 6.07) is 65.1. The van der Waals surface area contributed by atoms with Gasteiger partial charge in [0.2, 0.25) is 5.88 Å². The first kappa shape index (κ1) is 68.9. The zero-order chi connectivity index (χ0) is 67.9. The maximum atomic E-state index is 13.0. The summed E-state index contributed by atoms with van der Waals surface area (Å²) in [4.78, 5) is 76.7. The van der Waals surface area contributed by atoms with Crippen LogP contribution in [0.1, 0.15) is 137 Å². The van der Waals surface area contributed by atoms with Crippen LogP contribution in [0.15, 0.2) is 219 Å². The van der Waals surface area contributed by atoms with Gasteiger partial charge in [-0.2, -0.15) is 0 Å². The van der Waals surface area contributed by atoms with Gasteiger partial charge in [-0.15, -0.1) is 0 Å². The monoisotopic (exact) mass is 1330 g/mol. The molecule has 0 unspecified atom stereocenters. The highest BCUT2D eigenvalue weighted by molar-refractivity contribution is 6.09. The second kappa shape index (κ2) is 33.0. The van der Waals surface area contributed by atoms with Crippen molar-refractivity contribution in [3.05, 3.63) is 297 Å². The highest BCUT2D eigenvalue weighted by atomic mass is 16.5. The van der Waals surface area contributed by atoms with Crippen molar-refractivity contribution < 1.29 is 38.1 Å². The molecule has 16 nitrogen and oxygen atoms in total. The summed E-state index contributed by atoms with van der Waals surface area (Å²) in [7, 11) is 0. The van der Waals surface area contributed by atoms with E-state index in [1.54, 1.807) is 24.7 Å². The Bertz CT molecular complexity index is 4400. The number of anilines is 2. The SMILES string of the molecule is C.Cc1ccc(N2CCc3nc(OCc4ccccc4)ccc3C2=O)cc1.Cc1ccc(N2CCc3ncc(OCc4ccccc4)cc3C2=O)cc1.O=C1c2cc(OCc3ccccc3)cnc2CCN1CC1CC1.O=C1c2cc(OCc3ccccc3)cnc2CCN1CC1CCC1. The molecule has 0 atom stereocenters. The summed E-state index contributed by atoms with van der Waals surface area (Å²) in [5.41, 5.74) is 14.7. The van der Waals surface area contributed by atoms with E-state index in [1.807, 2.05) is 228 Å². The Morgan fingerprint density at radius 2 is 0.720 bits per heavy atom. The summed E-state index contributed by atoms with van der Waals surface area (Å²) in [6.07, 6.45) is 14.7. The lowest BCUT2D eigenvalue weighted by Gasteiger charge is -2.34. The van der Waals surface area contributed by atoms with Crippen molar-refractivity contribution in [3.63, 3.8) is 0 Å². The highest BCUT2D eigenvalue weighted by Crippen LogP contribution is 2.34. The zero-order valence-electron chi connectivity index (χ0n) is 56.2. The van der Waals surface area contributed by atoms with Crippen LogP contribution in [0.4, 0.5) is 11.4 Å². The number of aromatic nitrogens is 4. The molecule has 4 aliphatic heterocycles. The van der Waals surface area contributed by atoms with Crippen molar-refractivity contribution in [2.24, 2.45) is 11.8 Å². The lowest BCUT2D eigenvalue weighted by molar-refractivity contribution is 0.0674. The van der Waals surface area contributed by atoms with Crippen molar-refractivity contribution in [3.8, 4) is 23.1 Å². The molecule has 8 heterocycles. The molecular weight excluding hydrogens is 1250 g/mol. The van der Waals surface area contributed by atoms with Crippen molar-refractivity contribution in [1.82, 2.24) is 29.7 Å². The number of carbonyl (C=O) groups is 4. The van der Waals surface area contributed by atoms with E-state index in [2.05, 4.69) is 19.9 Å². The van der Waals surface area contributed by atoms with Gasteiger partial charge in [0, 0.05) is 82.4 Å². The minimum atomic E-state index is -0.0206. The summed E-state index contributed by atoms with van der Waals surface area (Å²) in [5.74, 6) is 4.11. The van der Waals surface area contributed by atoms with Crippen LogP contribution in [0, 0.1) is 25.7 Å². The van der Waals surface area contributed by atoms with Gasteiger partial charge in [-0.25, -0.2) is 4.98 Å². The van der Waals surface area contributed by atoms with E-state index in [-0.39, 0.29) is 31.1 Å². The molecule has 0 radical (unpaired) electrons. The van der Waals surface area contributed by atoms with Crippen molar-refractivity contribution in [1.29, 1.82) is 0 Å². The first-order chi connectivity index (χ1) is 48.5. The Balaban J connectivity index is 0.000000126. The fourth-order valence-corrected chi connectivity index (χ4v) is 12.6. The highest BCUT2D eigenvalue weighted by Gasteiger charge is 2.33. The number of pyridine rings is 4. The van der Waals surface area contributed by atoms with Gasteiger partial charge >= 0.3 is 0 Å². The molecule has 2 fully saturated rings. The lowest BCUT2D eigenvalue weighted by atomic mass is 9.84. The molecule has 0 spiro atoms. The van der Waals surface area contributed by atoms with Crippen LogP contribution in [0.25, 0.3) is 0 Å². The Morgan fingerprint density at radius 3 is 1.10 bits per heavy atom. The van der Waals surface area contributed by atoms with E-state index in [0.717, 1.165) is 108 Å². The number of hydrogen-bond acceptors (Lipinski definition) is 12. The van der Waals surface area contributed by atoms with Crippen molar-refractivity contribution in [2.45, 2.75) is 105 Å². The van der Waals surface area contributed by atoms with Gasteiger partial charge in [0.1, 0.15) is 43.7 Å². The number of carbonyl (C=O) groups excluding carboxylic acids is 4. The Morgan fingerprint density at radius 1 is 0.370 bits per heavy atom. The van der Waals surface area contributed by atoms with Crippen LogP contribution in [0.2, 0.25) is 0 Å². The smallest absolute Gasteiger partial charge is 0.260 e. The van der Waals surface area contributed by atoms with Crippen LogP contribution in [0.5, 0.6) is 23.1 Å². The third-order valence-electron chi connectivity index (χ3n) is 18.7. The van der Waals surface area contributed by atoms with E-state index < -0.39 is 0 Å². The van der Waals surface area contributed by atoms with Gasteiger partial charge in [-0.05, 0) is 122 Å². The maximum absolute atomic E-state index is 13.0. The zero-order valence-corrected chi connectivity index (χ0v) is 56.2. The molecule has 4 aromatic heterocycles. The molecule has 0 N–H and O–H groups in total. The minimum absolute atomic E-state index is 0. The van der Waals surface area contributed by atoms with Crippen LogP contribution < -0.4 is 28.7 Å². The van der Waals surface area contributed by atoms with E-state index >= 15 is 0 Å². The normalized spacial score (nSPS) is 15.1. The third-order valence-corrected chi connectivity index (χ3v) is 18.7. The van der Waals surface area contributed by atoms with Gasteiger partial charge in [-0.3, -0.25) is 34.1 Å². The Labute approximate surface area is 586 Å². The quantitative estimate of drug-likeness (QED) is 0.0798. The van der Waals surface area contributed by atoms with Crippen LogP contribution in [0.3, 0.4) is 0 Å². The third kappa shape index (κ3) is 17.8. The summed E-state index contributed by atoms with van der Waals surface area (Å²) in [6.45, 7) is 10.6. The molecule has 2 aliphatic carbocycles. The molecule has 4 amide bonds. The van der Waals surface area contributed by atoms with Crippen molar-refractivity contribution in [2.75, 3.05) is 49.1 Å². The summed E-state index contributed by atoms with van der Waals surface area (Å²) >= 11 is 0. The minimum Gasteiger partial charge on any atom is -0.487 e. The number of nitrogens with zero attached hydrogens (tertiary/aromatic N) is 8. The van der Waals surface area contributed by atoms with Gasteiger partial charge < -0.3 is 38.5 Å². The average molecular weight is 1340 g/mol. The summed E-state index contributed by atoms with van der Waals surface area (Å²) < 4.78 is 23.2. The molecule has 10 aromatic rings. The lowest BCUT2D eigenvalue weighted by Crippen LogP contribution is -2.42. The number of aryl methyl sites for hydroxylation is 2. The molecule has 16 heteroatoms. The molecular formula is C84H86N8O8. The molecule has 0 saturated heterocycles. The molecule has 6 aliphatic rings. The first-order valence-electron chi connectivity index (χ1n) is 34.5. The molecule has 6 aromatic carbocycles. The van der Waals surface area contributed by atoms with Crippen molar-refractivity contribution >= 4 is 35.0 Å². The summed E-state index contributed by atoms with van der Waals surface area (Å²) in [5, 5.41) is 0. The number of ether oxygens (including phenoxy) is 4. The average Bonchev–Trinajstić information content (AvgIpc) is 0.917. The fraction of sp³-hybridized carbons (Fsp3) is 0.286. The number of benzene rings is 6. The van der Waals surface area contributed by atoms with Gasteiger partial charge in [-0.1, -0.05) is 171 Å². The Kier molecular flexibility index (Phi) is 22.8. The van der Waals surface area contributed by atoms with E-state index in [4.69, 9.17) is 18.9 Å². The molecule has 510 valence electrons. The number of amides is 4. The predicted molar refractivity (Wildman–Crippen MR) is 389 cm³/mol. The van der Waals surface area contributed by atoms with Crippen LogP contribution in [-0.2, 0) is 52.1 Å². The number of fused-ring (bicyclic) bond motifs is 4. The van der Waals surface area contributed by atoms with E-state index in [1.165, 1.54) is 43.2 Å². The number of hydrogen-bond donors (Lipinski definition) is 0. The van der Waals surface area contributed by atoms with E-state index in [9.17, 15) is 19.2 Å². The fourth-order valence-electron chi connectivity index (χ4n) is 12.6. The van der Waals surface area contributed by atoms with Gasteiger partial charge in [0.25, 0.3) is 23.6 Å². The van der Waals surface area contributed by atoms with Gasteiger partial charge in [0.15, 0.2) is 0 Å². The number of rotatable bonds is 18. The van der Waals surface area contributed by atoms with E-state index in [0.29, 0.717) is 96.7 Å². The maximum Gasteiger partial charge on any atom is 0.260 e. The Hall–Kier alpha value is -11.0. The van der Waals surface area contributed by atoms with Gasteiger partial charge in [0.05, 0.1) is 63.6 Å². The standard InChI is InChI=1S/2C22H20N2O2.C20H22N2O2.C19H20N2O2.CH4/c1-16-7-9-18(10-8-16)24-12-11-21-20(22(24)25)13-19(14-23-21)26-15-17-5-3-2-4-6-17;1-16-7-9-18(10-8-16)24-14-13-20-19(22(24)25)11-12-21(23-20)26-15-17-5-3-2-4-6-17;23-20-18-11-17(24-14-16-5-2-1-3-6-16)12-21-19(18)9-10-22(20)13-15-7-4-8-15;22-19-17-10-16(23-13-15-4-2-1-3-5-15)11-20-18(17)8-9-21(19)12-14-6-7-14;/h2-10,13-14H,11-12,15H2,1H3;2-12H,13-15H2,1H3;1-3,5-6,11-12,15H,4,7-10,13-14H2;1-5,10-11,14H,6-9,12-13H2;1H4. The molecule has 2 saturated carbocycles. The predicted octanol–water partition coefficient (Wildman–Crippen LogP) is 15.5. The second-order valence-electron chi connectivity index (χ2n) is 26.1. The van der Waals surface area contributed by atoms with Crippen LogP contribution in [-0.4, -0.2) is 92.6 Å². The topological polar surface area (TPSA) is 170 Å². The molecule has 16 rings (SSSR count). The first-order valence-corrected chi connectivity index (χ1v) is 34.5. The largest absolute Gasteiger partial charge is 0.487 e. The molecule has 0 bridgehead atoms. The second-order valence-corrected chi connectivity index (χ2v) is 26.1. The van der Waals surface area contributed by atoms with Crippen LogP contribution >= 0.6 is 0 Å².